The van der Waals surface area contributed by atoms with E-state index in [9.17, 15) is 23.2 Å². The maximum atomic E-state index is 14.0. The topological polar surface area (TPSA) is 98.0 Å². The summed E-state index contributed by atoms with van der Waals surface area (Å²) in [5.74, 6) is -2.42. The predicted molar refractivity (Wildman–Crippen MR) is 158 cm³/mol. The van der Waals surface area contributed by atoms with Crippen LogP contribution < -0.4 is 4.90 Å². The second-order valence-corrected chi connectivity index (χ2v) is 11.6. The fourth-order valence-corrected chi connectivity index (χ4v) is 6.50. The number of allylic oxidation sites excluding steroid dienone is 1. The first kappa shape index (κ1) is 28.0. The fourth-order valence-electron chi connectivity index (χ4n) is 6.37. The van der Waals surface area contributed by atoms with Crippen LogP contribution >= 0.6 is 11.6 Å². The number of imide groups is 1. The van der Waals surface area contributed by atoms with Crippen LogP contribution in [-0.4, -0.2) is 52.1 Å². The Bertz CT molecular complexity index is 1740. The molecule has 1 saturated carbocycles. The summed E-state index contributed by atoms with van der Waals surface area (Å²) in [6.45, 7) is -0.351. The summed E-state index contributed by atoms with van der Waals surface area (Å²) in [5.41, 5.74) is 3.56. The predicted octanol–water partition coefficient (Wildman–Crippen LogP) is 5.73. The Hall–Kier alpha value is -4.77. The highest BCUT2D eigenvalue weighted by atomic mass is 35.5. The lowest BCUT2D eigenvalue weighted by atomic mass is 9.77. The van der Waals surface area contributed by atoms with Gasteiger partial charge in [-0.1, -0.05) is 41.1 Å². The summed E-state index contributed by atoms with van der Waals surface area (Å²) in [6.07, 6.45) is 4.28. The lowest BCUT2D eigenvalue weighted by Crippen LogP contribution is -2.45. The zero-order valence-corrected chi connectivity index (χ0v) is 23.9. The molecule has 1 saturated heterocycles. The van der Waals surface area contributed by atoms with E-state index in [0.717, 1.165) is 41.0 Å². The third kappa shape index (κ3) is 4.86. The molecule has 0 spiro atoms. The molecule has 1 aliphatic carbocycles. The number of fused-ring (bicyclic) bond motifs is 2. The first-order chi connectivity index (χ1) is 21.3. The normalized spacial score (nSPS) is 25.1. The number of hydrogen-bond acceptors (Lipinski definition) is 7. The van der Waals surface area contributed by atoms with Gasteiger partial charge in [0.15, 0.2) is 12.1 Å². The van der Waals surface area contributed by atoms with E-state index in [0.29, 0.717) is 16.3 Å². The largest absolute Gasteiger partial charge is 0.271 e. The molecular formula is C32H25ClF2N6O3. The molecule has 3 aliphatic heterocycles. The molecule has 7 rings (SSSR count). The molecule has 9 nitrogen and oxygen atoms in total. The van der Waals surface area contributed by atoms with E-state index < -0.39 is 41.7 Å². The van der Waals surface area contributed by atoms with Crippen molar-refractivity contribution in [3.05, 3.63) is 106 Å². The summed E-state index contributed by atoms with van der Waals surface area (Å²) in [7, 11) is 0. The Morgan fingerprint density at radius 3 is 2.30 bits per heavy atom. The van der Waals surface area contributed by atoms with Crippen molar-refractivity contribution in [2.24, 2.45) is 21.4 Å². The molecule has 4 aliphatic rings. The molecule has 0 bridgehead atoms. The standard InChI is InChI=1S/C32H25ClF2N6O3/c33-21-8-14-24(15-9-21)40-31(43)28-30(32(40)44)39(38-36-28)17-26(42)41-29(19-6-12-23(35)13-7-19)25-3-1-2-20(27(25)37-41)16-18-4-10-22(34)11-5-18/h4-16,25,28-30H,1-3,17H2/b20-16+/t25-,28+,29+,30-/m1/s1. The number of hydrazone groups is 1. The molecule has 0 radical (unpaired) electrons. The lowest BCUT2D eigenvalue weighted by molar-refractivity contribution is -0.136. The number of amides is 3. The van der Waals surface area contributed by atoms with Crippen LogP contribution in [0.4, 0.5) is 14.5 Å². The molecule has 222 valence electrons. The van der Waals surface area contributed by atoms with Gasteiger partial charge in [-0.2, -0.15) is 10.2 Å². The maximum Gasteiger partial charge on any atom is 0.264 e. The Morgan fingerprint density at radius 2 is 1.59 bits per heavy atom. The number of hydrogen-bond donors (Lipinski definition) is 0. The number of nitrogens with zero attached hydrogens (tertiary/aromatic N) is 6. The second-order valence-electron chi connectivity index (χ2n) is 11.1. The molecule has 4 atom stereocenters. The fraction of sp³-hybridized carbons (Fsp3) is 0.250. The Kier molecular flexibility index (Phi) is 7.04. The number of benzene rings is 3. The van der Waals surface area contributed by atoms with E-state index in [4.69, 9.17) is 16.7 Å². The van der Waals surface area contributed by atoms with Crippen molar-refractivity contribution in [3.63, 3.8) is 0 Å². The monoisotopic (exact) mass is 614 g/mol. The highest BCUT2D eigenvalue weighted by molar-refractivity contribution is 6.31. The van der Waals surface area contributed by atoms with Crippen molar-refractivity contribution in [2.45, 2.75) is 37.4 Å². The van der Waals surface area contributed by atoms with Gasteiger partial charge in [0.05, 0.1) is 17.4 Å². The van der Waals surface area contributed by atoms with Gasteiger partial charge in [-0.05, 0) is 90.6 Å². The second kappa shape index (κ2) is 11.1. The van der Waals surface area contributed by atoms with Crippen LogP contribution in [0.25, 0.3) is 6.08 Å². The molecule has 3 heterocycles. The molecule has 12 heteroatoms. The summed E-state index contributed by atoms with van der Waals surface area (Å²) < 4.78 is 27.4. The zero-order valence-electron chi connectivity index (χ0n) is 23.2. The van der Waals surface area contributed by atoms with E-state index in [-0.39, 0.29) is 18.3 Å². The van der Waals surface area contributed by atoms with E-state index in [2.05, 4.69) is 10.3 Å². The van der Waals surface area contributed by atoms with Crippen molar-refractivity contribution >= 4 is 46.8 Å². The average Bonchev–Trinajstić information content (AvgIpc) is 3.69. The van der Waals surface area contributed by atoms with Gasteiger partial charge in [-0.3, -0.25) is 19.4 Å². The van der Waals surface area contributed by atoms with Gasteiger partial charge in [0.25, 0.3) is 17.7 Å². The summed E-state index contributed by atoms with van der Waals surface area (Å²) in [5, 5.41) is 16.0. The van der Waals surface area contributed by atoms with Crippen LogP contribution in [0.3, 0.4) is 0 Å². The highest BCUT2D eigenvalue weighted by Crippen LogP contribution is 2.45. The smallest absolute Gasteiger partial charge is 0.264 e. The van der Waals surface area contributed by atoms with Crippen LogP contribution in [0.15, 0.2) is 93.8 Å². The average molecular weight is 615 g/mol. The number of anilines is 1. The first-order valence-corrected chi connectivity index (χ1v) is 14.6. The summed E-state index contributed by atoms with van der Waals surface area (Å²) >= 11 is 5.98. The summed E-state index contributed by atoms with van der Waals surface area (Å²) in [4.78, 5) is 41.6. The van der Waals surface area contributed by atoms with Crippen molar-refractivity contribution in [1.82, 2.24) is 10.0 Å². The van der Waals surface area contributed by atoms with Crippen molar-refractivity contribution in [3.8, 4) is 0 Å². The van der Waals surface area contributed by atoms with Gasteiger partial charge in [0, 0.05) is 10.9 Å². The summed E-state index contributed by atoms with van der Waals surface area (Å²) in [6, 6.07) is 15.8. The van der Waals surface area contributed by atoms with Crippen LogP contribution in [0.2, 0.25) is 5.02 Å². The molecule has 3 aromatic carbocycles. The first-order valence-electron chi connectivity index (χ1n) is 14.2. The molecule has 0 aromatic heterocycles. The number of carbonyl (C=O) groups is 3. The maximum absolute atomic E-state index is 14.0. The minimum atomic E-state index is -1.07. The van der Waals surface area contributed by atoms with E-state index in [1.165, 1.54) is 34.3 Å². The molecule has 3 amide bonds. The minimum absolute atomic E-state index is 0.159. The molecule has 0 N–H and O–H groups in total. The molecule has 0 unspecified atom stereocenters. The van der Waals surface area contributed by atoms with E-state index in [1.54, 1.807) is 48.5 Å². The number of rotatable bonds is 5. The van der Waals surface area contributed by atoms with Gasteiger partial charge < -0.3 is 0 Å². The Labute approximate surface area is 256 Å². The quantitative estimate of drug-likeness (QED) is 0.343. The molecule has 3 aromatic rings. The molecule has 2 fully saturated rings. The van der Waals surface area contributed by atoms with Crippen molar-refractivity contribution in [1.29, 1.82) is 0 Å². The lowest BCUT2D eigenvalue weighted by Gasteiger charge is -2.30. The number of carbonyl (C=O) groups excluding carboxylic acids is 3. The van der Waals surface area contributed by atoms with Gasteiger partial charge in [0.1, 0.15) is 18.2 Å². The van der Waals surface area contributed by atoms with Gasteiger partial charge >= 0.3 is 0 Å². The van der Waals surface area contributed by atoms with E-state index >= 15 is 0 Å². The van der Waals surface area contributed by atoms with Gasteiger partial charge in [-0.15, -0.1) is 0 Å². The zero-order chi connectivity index (χ0) is 30.5. The Balaban J connectivity index is 1.18. The van der Waals surface area contributed by atoms with Gasteiger partial charge in [-0.25, -0.2) is 18.7 Å². The minimum Gasteiger partial charge on any atom is -0.271 e. The van der Waals surface area contributed by atoms with Crippen LogP contribution in [0.5, 0.6) is 0 Å². The number of halogens is 3. The van der Waals surface area contributed by atoms with Crippen LogP contribution in [-0.2, 0) is 14.4 Å². The van der Waals surface area contributed by atoms with Gasteiger partial charge in [0.2, 0.25) is 0 Å². The highest BCUT2D eigenvalue weighted by Gasteiger charge is 2.55. The third-order valence-electron chi connectivity index (χ3n) is 8.42. The SMILES string of the molecule is O=C1[C@H]2N=NN(CC(=O)N3N=C4/C(=C/c5ccc(F)cc5)CCC[C@H]4[C@@H]3c3ccc(F)cc3)[C@H]2C(=O)N1c1ccc(Cl)cc1. The van der Waals surface area contributed by atoms with Crippen molar-refractivity contribution < 1.29 is 23.2 Å². The molecule has 44 heavy (non-hydrogen) atoms. The third-order valence-corrected chi connectivity index (χ3v) is 8.67. The van der Waals surface area contributed by atoms with Crippen LogP contribution in [0.1, 0.15) is 36.4 Å². The molecular weight excluding hydrogens is 590 g/mol. The van der Waals surface area contributed by atoms with Crippen LogP contribution in [0, 0.1) is 17.6 Å². The van der Waals surface area contributed by atoms with E-state index in [1.807, 2.05) is 6.08 Å². The van der Waals surface area contributed by atoms with Crippen molar-refractivity contribution in [2.75, 3.05) is 11.4 Å². The Morgan fingerprint density at radius 1 is 0.909 bits per heavy atom.